The fourth-order valence-electron chi connectivity index (χ4n) is 3.27. The van der Waals surface area contributed by atoms with Crippen LogP contribution in [0.3, 0.4) is 0 Å². The van der Waals surface area contributed by atoms with Crippen LogP contribution in [-0.2, 0) is 15.7 Å². The molecule has 0 unspecified atom stereocenters. The van der Waals surface area contributed by atoms with Gasteiger partial charge in [-0.05, 0) is 6.07 Å². The molecule has 26 heavy (non-hydrogen) atoms. The van der Waals surface area contributed by atoms with Gasteiger partial charge < -0.3 is 14.7 Å². The summed E-state index contributed by atoms with van der Waals surface area (Å²) in [7, 11) is 1.55. The lowest BCUT2D eigenvalue weighted by Gasteiger charge is -2.39. The van der Waals surface area contributed by atoms with Crippen molar-refractivity contribution in [2.24, 2.45) is 0 Å². The van der Waals surface area contributed by atoms with Gasteiger partial charge in [0, 0.05) is 49.9 Å². The zero-order valence-corrected chi connectivity index (χ0v) is 15.6. The maximum absolute atomic E-state index is 12.2. The molecule has 0 atom stereocenters. The van der Waals surface area contributed by atoms with Gasteiger partial charge in [0.05, 0.1) is 12.8 Å². The van der Waals surface area contributed by atoms with E-state index in [1.807, 2.05) is 11.0 Å². The standard InChI is InChI=1S/C18H25N5O3/c1-17(2,3)13-5-10-23(21-13)18(16(24)25)6-11-22(12-7-18)14-15(26-4)20-9-8-19-14/h5,8-10H,6-7,11-12H2,1-4H3,(H,24,25). The molecule has 8 heteroatoms. The minimum atomic E-state index is -1.05. The van der Waals surface area contributed by atoms with Crippen LogP contribution < -0.4 is 9.64 Å². The molecule has 2 aromatic heterocycles. The second-order valence-electron chi connectivity index (χ2n) is 7.61. The molecule has 3 rings (SSSR count). The van der Waals surface area contributed by atoms with Crippen LogP contribution >= 0.6 is 0 Å². The Kier molecular flexibility index (Phi) is 4.60. The number of piperidine rings is 1. The summed E-state index contributed by atoms with van der Waals surface area (Å²) in [5.41, 5.74) is -0.287. The molecule has 1 fully saturated rings. The lowest BCUT2D eigenvalue weighted by atomic mass is 9.87. The van der Waals surface area contributed by atoms with Crippen LogP contribution in [0.1, 0.15) is 39.3 Å². The van der Waals surface area contributed by atoms with Crippen molar-refractivity contribution in [1.82, 2.24) is 19.7 Å². The van der Waals surface area contributed by atoms with Crippen LogP contribution in [0.2, 0.25) is 0 Å². The monoisotopic (exact) mass is 359 g/mol. The molecule has 0 radical (unpaired) electrons. The van der Waals surface area contributed by atoms with Gasteiger partial charge >= 0.3 is 5.97 Å². The first-order valence-corrected chi connectivity index (χ1v) is 8.68. The topological polar surface area (TPSA) is 93.4 Å². The van der Waals surface area contributed by atoms with E-state index in [0.29, 0.717) is 37.6 Å². The first-order chi connectivity index (χ1) is 12.3. The number of hydrogen-bond acceptors (Lipinski definition) is 6. The van der Waals surface area contributed by atoms with Gasteiger partial charge in [-0.25, -0.2) is 14.8 Å². The molecule has 1 aliphatic heterocycles. The highest BCUT2D eigenvalue weighted by atomic mass is 16.5. The van der Waals surface area contributed by atoms with E-state index in [-0.39, 0.29) is 5.41 Å². The number of hydrogen-bond donors (Lipinski definition) is 1. The van der Waals surface area contributed by atoms with E-state index in [1.54, 1.807) is 30.4 Å². The summed E-state index contributed by atoms with van der Waals surface area (Å²) >= 11 is 0. The van der Waals surface area contributed by atoms with Crippen molar-refractivity contribution in [3.8, 4) is 5.88 Å². The summed E-state index contributed by atoms with van der Waals surface area (Å²) in [5, 5.41) is 14.6. The second-order valence-corrected chi connectivity index (χ2v) is 7.61. The van der Waals surface area contributed by atoms with E-state index < -0.39 is 11.5 Å². The number of carboxylic acid groups (broad SMARTS) is 1. The molecule has 1 aliphatic rings. The number of aromatic nitrogens is 4. The third kappa shape index (κ3) is 3.11. The summed E-state index contributed by atoms with van der Waals surface area (Å²) in [5.74, 6) is 0.237. The number of rotatable bonds is 4. The average Bonchev–Trinajstić information content (AvgIpc) is 3.12. The van der Waals surface area contributed by atoms with E-state index in [4.69, 9.17) is 4.74 Å². The lowest BCUT2D eigenvalue weighted by molar-refractivity contribution is -0.149. The van der Waals surface area contributed by atoms with E-state index >= 15 is 0 Å². The summed E-state index contributed by atoms with van der Waals surface area (Å²) in [6.45, 7) is 7.26. The fourth-order valence-corrected chi connectivity index (χ4v) is 3.27. The van der Waals surface area contributed by atoms with Crippen LogP contribution in [0.15, 0.2) is 24.7 Å². The normalized spacial score (nSPS) is 17.2. The van der Waals surface area contributed by atoms with Crippen molar-refractivity contribution in [1.29, 1.82) is 0 Å². The van der Waals surface area contributed by atoms with E-state index in [2.05, 4.69) is 35.8 Å². The van der Waals surface area contributed by atoms with Gasteiger partial charge in [-0.15, -0.1) is 0 Å². The van der Waals surface area contributed by atoms with Gasteiger partial charge in [-0.2, -0.15) is 5.10 Å². The van der Waals surface area contributed by atoms with E-state index in [9.17, 15) is 9.90 Å². The Morgan fingerprint density at radius 2 is 1.88 bits per heavy atom. The van der Waals surface area contributed by atoms with Crippen LogP contribution in [-0.4, -0.2) is 51.0 Å². The Bertz CT molecular complexity index is 788. The number of methoxy groups -OCH3 is 1. The Balaban J connectivity index is 1.86. The van der Waals surface area contributed by atoms with Crippen LogP contribution in [0.4, 0.5) is 5.82 Å². The molecule has 3 heterocycles. The second kappa shape index (κ2) is 6.59. The summed E-state index contributed by atoms with van der Waals surface area (Å²) in [6.07, 6.45) is 5.82. The quantitative estimate of drug-likeness (QED) is 0.893. The minimum Gasteiger partial charge on any atom is -0.479 e. The highest BCUT2D eigenvalue weighted by molar-refractivity contribution is 5.77. The Morgan fingerprint density at radius 1 is 1.23 bits per heavy atom. The summed E-state index contributed by atoms with van der Waals surface area (Å²) in [4.78, 5) is 22.7. The first-order valence-electron chi connectivity index (χ1n) is 8.68. The SMILES string of the molecule is COc1nccnc1N1CCC(C(=O)O)(n2ccc(C(C)(C)C)n2)CC1. The number of carboxylic acids is 1. The molecule has 0 saturated carbocycles. The largest absolute Gasteiger partial charge is 0.479 e. The molecule has 0 aliphatic carbocycles. The van der Waals surface area contributed by atoms with Gasteiger partial charge in [0.1, 0.15) is 0 Å². The molecule has 140 valence electrons. The van der Waals surface area contributed by atoms with Crippen LogP contribution in [0.25, 0.3) is 0 Å². The van der Waals surface area contributed by atoms with Gasteiger partial charge in [-0.1, -0.05) is 20.8 Å². The Morgan fingerprint density at radius 3 is 2.42 bits per heavy atom. The molecule has 1 saturated heterocycles. The van der Waals surface area contributed by atoms with Crippen LogP contribution in [0, 0.1) is 0 Å². The third-order valence-corrected chi connectivity index (χ3v) is 4.92. The van der Waals surface area contributed by atoms with Crippen molar-refractivity contribution in [3.63, 3.8) is 0 Å². The molecule has 0 spiro atoms. The van der Waals surface area contributed by atoms with Crippen LogP contribution in [0.5, 0.6) is 5.88 Å². The van der Waals surface area contributed by atoms with Gasteiger partial charge in [0.2, 0.25) is 0 Å². The number of ether oxygens (including phenoxy) is 1. The van der Waals surface area contributed by atoms with Crippen molar-refractivity contribution in [2.45, 2.75) is 44.6 Å². The average molecular weight is 359 g/mol. The maximum Gasteiger partial charge on any atom is 0.331 e. The molecule has 1 N–H and O–H groups in total. The van der Waals surface area contributed by atoms with E-state index in [0.717, 1.165) is 5.69 Å². The van der Waals surface area contributed by atoms with Gasteiger partial charge in [-0.3, -0.25) is 4.68 Å². The number of nitrogens with zero attached hydrogens (tertiary/aromatic N) is 5. The van der Waals surface area contributed by atoms with Crippen molar-refractivity contribution in [2.75, 3.05) is 25.1 Å². The zero-order valence-electron chi connectivity index (χ0n) is 15.6. The number of carbonyl (C=O) groups is 1. The summed E-state index contributed by atoms with van der Waals surface area (Å²) in [6, 6.07) is 1.91. The van der Waals surface area contributed by atoms with Gasteiger partial charge in [0.25, 0.3) is 5.88 Å². The fraction of sp³-hybridized carbons (Fsp3) is 0.556. The minimum absolute atomic E-state index is 0.126. The Labute approximate surface area is 152 Å². The smallest absolute Gasteiger partial charge is 0.331 e. The molecule has 2 aromatic rings. The van der Waals surface area contributed by atoms with Crippen molar-refractivity contribution >= 4 is 11.8 Å². The van der Waals surface area contributed by atoms with E-state index in [1.165, 1.54) is 0 Å². The first kappa shape index (κ1) is 18.2. The summed E-state index contributed by atoms with van der Waals surface area (Å²) < 4.78 is 6.90. The molecule has 0 bridgehead atoms. The maximum atomic E-state index is 12.2. The van der Waals surface area contributed by atoms with Crippen molar-refractivity contribution in [3.05, 3.63) is 30.4 Å². The zero-order chi connectivity index (χ0) is 18.9. The molecule has 0 aromatic carbocycles. The predicted octanol–water partition coefficient (Wildman–Crippen LogP) is 2.06. The highest BCUT2D eigenvalue weighted by Crippen LogP contribution is 2.35. The van der Waals surface area contributed by atoms with Gasteiger partial charge in [0.15, 0.2) is 11.4 Å². The lowest BCUT2D eigenvalue weighted by Crippen LogP contribution is -2.51. The molecule has 0 amide bonds. The molecular weight excluding hydrogens is 334 g/mol. The number of aliphatic carboxylic acids is 1. The number of anilines is 1. The highest BCUT2D eigenvalue weighted by Gasteiger charge is 2.45. The molecule has 8 nitrogen and oxygen atoms in total. The molecular formula is C18H25N5O3. The van der Waals surface area contributed by atoms with Crippen molar-refractivity contribution < 1.29 is 14.6 Å². The Hall–Kier alpha value is -2.64. The predicted molar refractivity (Wildman–Crippen MR) is 96.6 cm³/mol. The third-order valence-electron chi connectivity index (χ3n) is 4.92.